The van der Waals surface area contributed by atoms with Crippen LogP contribution in [0, 0.1) is 0 Å². The molecule has 4 heteroatoms. The van der Waals surface area contributed by atoms with Gasteiger partial charge in [0.15, 0.2) is 0 Å². The van der Waals surface area contributed by atoms with Crippen molar-refractivity contribution in [1.82, 2.24) is 0 Å². The Balaban J connectivity index is 1.57. The van der Waals surface area contributed by atoms with Crippen LogP contribution in [0.25, 0.3) is 22.8 Å². The molecule has 0 unspecified atom stereocenters. The van der Waals surface area contributed by atoms with Crippen molar-refractivity contribution >= 4 is 43.3 Å². The third kappa shape index (κ3) is 4.85. The van der Waals surface area contributed by atoms with Crippen molar-refractivity contribution in [2.24, 2.45) is 0 Å². The molecule has 2 heterocycles. The van der Waals surface area contributed by atoms with Crippen molar-refractivity contribution in [1.29, 1.82) is 0 Å². The van der Waals surface area contributed by atoms with E-state index in [1.807, 2.05) is 18.2 Å². The molecule has 0 fully saturated rings. The molecule has 0 aliphatic heterocycles. The first-order valence-electron chi connectivity index (χ1n) is 10.5. The Hall–Kier alpha value is -2.74. The monoisotopic (exact) mass is 550 g/mol. The summed E-state index contributed by atoms with van der Waals surface area (Å²) >= 11 is 0.554. The molecular formula is C28H22O2Se2. The number of hydrogen-bond donors (Lipinski definition) is 0. The second-order valence-electron chi connectivity index (χ2n) is 7.24. The first kappa shape index (κ1) is 21.1. The molecule has 5 rings (SSSR count). The summed E-state index contributed by atoms with van der Waals surface area (Å²) in [4.78, 5) is 0. The van der Waals surface area contributed by atoms with Gasteiger partial charge in [0.25, 0.3) is 0 Å². The summed E-state index contributed by atoms with van der Waals surface area (Å²) in [5, 5.41) is 1.12. The van der Waals surface area contributed by atoms with E-state index in [9.17, 15) is 0 Å². The van der Waals surface area contributed by atoms with Gasteiger partial charge in [-0.15, -0.1) is 0 Å². The molecular weight excluding hydrogens is 526 g/mol. The van der Waals surface area contributed by atoms with E-state index in [1.165, 1.54) is 18.9 Å². The van der Waals surface area contributed by atoms with Crippen LogP contribution in [0.1, 0.15) is 5.56 Å². The van der Waals surface area contributed by atoms with Gasteiger partial charge >= 0.3 is 202 Å². The molecule has 5 aromatic rings. The normalized spacial score (nSPS) is 11.0. The van der Waals surface area contributed by atoms with Crippen LogP contribution in [0.15, 0.2) is 118 Å². The average Bonchev–Trinajstić information content (AvgIpc) is 3.50. The van der Waals surface area contributed by atoms with Crippen molar-refractivity contribution in [2.45, 2.75) is 11.7 Å². The summed E-state index contributed by atoms with van der Waals surface area (Å²) in [6.45, 7) is 0. The van der Waals surface area contributed by atoms with Gasteiger partial charge in [-0.25, -0.2) is 0 Å². The summed E-state index contributed by atoms with van der Waals surface area (Å²) in [6.07, 6.45) is 2.70. The van der Waals surface area contributed by atoms with E-state index in [4.69, 9.17) is 8.83 Å². The van der Waals surface area contributed by atoms with Crippen molar-refractivity contribution in [3.8, 4) is 22.8 Å². The molecule has 0 aliphatic rings. The summed E-state index contributed by atoms with van der Waals surface area (Å²) in [5.41, 5.74) is 2.41. The van der Waals surface area contributed by atoms with Crippen LogP contribution in [0.5, 0.6) is 0 Å². The van der Waals surface area contributed by atoms with E-state index < -0.39 is 0 Å². The maximum atomic E-state index is 6.58. The number of rotatable bonds is 8. The second kappa shape index (κ2) is 10.3. The zero-order chi connectivity index (χ0) is 21.6. The predicted molar refractivity (Wildman–Crippen MR) is 134 cm³/mol. The van der Waals surface area contributed by atoms with Crippen molar-refractivity contribution < 1.29 is 8.83 Å². The topological polar surface area (TPSA) is 26.3 Å². The van der Waals surface area contributed by atoms with Crippen molar-refractivity contribution in [2.75, 3.05) is 0 Å². The van der Waals surface area contributed by atoms with Gasteiger partial charge in [0.1, 0.15) is 0 Å². The third-order valence-corrected chi connectivity index (χ3v) is 9.59. The molecule has 0 bridgehead atoms. The Morgan fingerprint density at radius 1 is 0.625 bits per heavy atom. The van der Waals surface area contributed by atoms with Crippen LogP contribution in [0.4, 0.5) is 0 Å². The number of benzene rings is 3. The van der Waals surface area contributed by atoms with Crippen LogP contribution < -0.4 is 13.4 Å². The maximum absolute atomic E-state index is 6.58. The fourth-order valence-electron chi connectivity index (χ4n) is 3.57. The van der Waals surface area contributed by atoms with Gasteiger partial charge in [0.05, 0.1) is 0 Å². The molecule has 0 spiro atoms. The van der Waals surface area contributed by atoms with Crippen LogP contribution in [-0.4, -0.2) is 29.9 Å². The van der Waals surface area contributed by atoms with Gasteiger partial charge in [-0.05, 0) is 0 Å². The molecule has 2 nitrogen and oxygen atoms in total. The molecule has 32 heavy (non-hydrogen) atoms. The van der Waals surface area contributed by atoms with Gasteiger partial charge in [-0.2, -0.15) is 0 Å². The summed E-state index contributed by atoms with van der Waals surface area (Å²) < 4.78 is 16.5. The third-order valence-electron chi connectivity index (χ3n) is 5.07. The number of hydrogen-bond acceptors (Lipinski definition) is 2. The van der Waals surface area contributed by atoms with Gasteiger partial charge in [0.2, 0.25) is 0 Å². The summed E-state index contributed by atoms with van der Waals surface area (Å²) in [7, 11) is 0. The molecule has 0 amide bonds. The van der Waals surface area contributed by atoms with E-state index in [0.29, 0.717) is 15.0 Å². The fraction of sp³-hybridized carbons (Fsp3) is 0.0714. The molecule has 2 aromatic heterocycles. The van der Waals surface area contributed by atoms with Crippen LogP contribution >= 0.6 is 0 Å². The summed E-state index contributed by atoms with van der Waals surface area (Å²) in [5.74, 6) is 2.66. The van der Waals surface area contributed by atoms with E-state index in [2.05, 4.69) is 84.9 Å². The van der Waals surface area contributed by atoms with E-state index in [1.54, 1.807) is 6.26 Å². The molecule has 0 saturated carbocycles. The molecule has 0 radical (unpaired) electrons. The van der Waals surface area contributed by atoms with Crippen LogP contribution in [-0.2, 0) is 6.42 Å². The van der Waals surface area contributed by atoms with Gasteiger partial charge < -0.3 is 0 Å². The van der Waals surface area contributed by atoms with Crippen molar-refractivity contribution in [3.63, 3.8) is 0 Å². The number of furan rings is 2. The van der Waals surface area contributed by atoms with E-state index in [-0.39, 0.29) is 15.0 Å². The minimum atomic E-state index is 0.135. The summed E-state index contributed by atoms with van der Waals surface area (Å²) in [6, 6.07) is 35.9. The Kier molecular flexibility index (Phi) is 6.77. The van der Waals surface area contributed by atoms with E-state index in [0.717, 1.165) is 34.6 Å². The second-order valence-corrected chi connectivity index (χ2v) is 12.0. The molecule has 0 saturated heterocycles. The standard InChI is InChI=1S/C28H22O2Se2/c1-4-11-21(12-5-1)26-28(32-23-15-8-3-9-16-23)24(27(30-26)25-17-10-19-29-25)18-20-31-22-13-6-2-7-14-22/h1-17,19H,18,20H2. The van der Waals surface area contributed by atoms with Crippen molar-refractivity contribution in [3.05, 3.63) is 115 Å². The first-order valence-corrected chi connectivity index (χ1v) is 14.3. The first-order chi connectivity index (χ1) is 15.9. The van der Waals surface area contributed by atoms with Gasteiger partial charge in [-0.1, -0.05) is 0 Å². The Bertz CT molecular complexity index is 1250. The minimum absolute atomic E-state index is 0.135. The average molecular weight is 548 g/mol. The van der Waals surface area contributed by atoms with Gasteiger partial charge in [-0.3, -0.25) is 0 Å². The molecule has 0 N–H and O–H groups in total. The fourth-order valence-corrected chi connectivity index (χ4v) is 7.74. The Morgan fingerprint density at radius 2 is 1.28 bits per heavy atom. The molecule has 0 atom stereocenters. The quantitative estimate of drug-likeness (QED) is 0.259. The van der Waals surface area contributed by atoms with Crippen LogP contribution in [0.2, 0.25) is 5.32 Å². The Labute approximate surface area is 201 Å². The zero-order valence-corrected chi connectivity index (χ0v) is 20.9. The zero-order valence-electron chi connectivity index (χ0n) is 17.4. The molecule has 3 aromatic carbocycles. The molecule has 0 aliphatic carbocycles. The Morgan fingerprint density at radius 3 is 1.94 bits per heavy atom. The van der Waals surface area contributed by atoms with Crippen LogP contribution in [0.3, 0.4) is 0 Å². The molecule has 158 valence electrons. The van der Waals surface area contributed by atoms with E-state index >= 15 is 0 Å². The predicted octanol–water partition coefficient (Wildman–Crippen LogP) is 4.85. The van der Waals surface area contributed by atoms with Gasteiger partial charge in [0, 0.05) is 0 Å². The SMILES string of the molecule is c1ccc([Se]CCc2c(-c3ccco3)oc(-c3ccccc3)c2[Se]c2ccccc2)cc1.